The lowest BCUT2D eigenvalue weighted by Crippen LogP contribution is -2.25. The van der Waals surface area contributed by atoms with Crippen molar-refractivity contribution < 1.29 is 0 Å². The standard InChI is InChI=1S/C20H31N/c1-6-8-12-19(7-2)17(3)15-16-21(5)18(4)20-13-10-9-11-14-20/h6-7,9-11,13-14,17-18H,1,8,12,15-16H2,2-5H3/b19-7+. The quantitative estimate of drug-likeness (QED) is 0.532. The van der Waals surface area contributed by atoms with Gasteiger partial charge in [-0.15, -0.1) is 6.58 Å². The van der Waals surface area contributed by atoms with Crippen molar-refractivity contribution >= 4 is 0 Å². The Kier molecular flexibility index (Phi) is 8.07. The van der Waals surface area contributed by atoms with E-state index in [0.717, 1.165) is 19.4 Å². The van der Waals surface area contributed by atoms with Crippen LogP contribution in [0.2, 0.25) is 0 Å². The number of allylic oxidation sites excluding steroid dienone is 3. The Hall–Kier alpha value is -1.34. The molecule has 0 bridgehead atoms. The van der Waals surface area contributed by atoms with Crippen LogP contribution < -0.4 is 0 Å². The summed E-state index contributed by atoms with van der Waals surface area (Å²) < 4.78 is 0. The van der Waals surface area contributed by atoms with Gasteiger partial charge in [0.1, 0.15) is 0 Å². The minimum absolute atomic E-state index is 0.473. The highest BCUT2D eigenvalue weighted by Gasteiger charge is 2.13. The number of hydrogen-bond acceptors (Lipinski definition) is 1. The summed E-state index contributed by atoms with van der Waals surface area (Å²) in [5, 5.41) is 0. The average Bonchev–Trinajstić information content (AvgIpc) is 2.53. The van der Waals surface area contributed by atoms with E-state index in [4.69, 9.17) is 0 Å². The number of benzene rings is 1. The Bertz CT molecular complexity index is 432. The van der Waals surface area contributed by atoms with Gasteiger partial charge in [-0.3, -0.25) is 4.90 Å². The van der Waals surface area contributed by atoms with Crippen molar-refractivity contribution in [3.8, 4) is 0 Å². The van der Waals surface area contributed by atoms with Crippen LogP contribution in [0.15, 0.2) is 54.6 Å². The van der Waals surface area contributed by atoms with E-state index in [0.29, 0.717) is 12.0 Å². The van der Waals surface area contributed by atoms with E-state index in [1.165, 1.54) is 12.0 Å². The van der Waals surface area contributed by atoms with Crippen LogP contribution in [0.4, 0.5) is 0 Å². The van der Waals surface area contributed by atoms with Gasteiger partial charge in [-0.1, -0.05) is 55.0 Å². The fraction of sp³-hybridized carbons (Fsp3) is 0.500. The Morgan fingerprint density at radius 2 is 1.90 bits per heavy atom. The molecule has 1 nitrogen and oxygen atoms in total. The van der Waals surface area contributed by atoms with E-state index in [9.17, 15) is 0 Å². The summed E-state index contributed by atoms with van der Waals surface area (Å²) >= 11 is 0. The van der Waals surface area contributed by atoms with Gasteiger partial charge in [-0.05, 0) is 58.2 Å². The van der Waals surface area contributed by atoms with Crippen LogP contribution in [0.25, 0.3) is 0 Å². The van der Waals surface area contributed by atoms with E-state index in [-0.39, 0.29) is 0 Å². The zero-order valence-corrected chi connectivity index (χ0v) is 14.2. The summed E-state index contributed by atoms with van der Waals surface area (Å²) in [7, 11) is 2.23. The molecule has 0 fully saturated rings. The fourth-order valence-corrected chi connectivity index (χ4v) is 2.71. The van der Waals surface area contributed by atoms with Crippen LogP contribution in [0, 0.1) is 5.92 Å². The van der Waals surface area contributed by atoms with Gasteiger partial charge in [-0.25, -0.2) is 0 Å². The smallest absolute Gasteiger partial charge is 0.0316 e. The summed E-state index contributed by atoms with van der Waals surface area (Å²) in [4.78, 5) is 2.45. The zero-order valence-electron chi connectivity index (χ0n) is 14.2. The molecule has 21 heavy (non-hydrogen) atoms. The third-order valence-corrected chi connectivity index (χ3v) is 4.50. The molecular weight excluding hydrogens is 254 g/mol. The average molecular weight is 285 g/mol. The normalized spacial score (nSPS) is 15.0. The van der Waals surface area contributed by atoms with Crippen molar-refractivity contribution in [2.75, 3.05) is 13.6 Å². The lowest BCUT2D eigenvalue weighted by molar-refractivity contribution is 0.248. The third kappa shape index (κ3) is 5.89. The molecule has 1 aromatic carbocycles. The molecule has 0 aromatic heterocycles. The van der Waals surface area contributed by atoms with Crippen molar-refractivity contribution in [1.29, 1.82) is 0 Å². The second kappa shape index (κ2) is 9.57. The van der Waals surface area contributed by atoms with E-state index in [2.05, 4.69) is 75.7 Å². The Morgan fingerprint density at radius 1 is 1.24 bits per heavy atom. The topological polar surface area (TPSA) is 3.24 Å². The maximum atomic E-state index is 3.82. The summed E-state index contributed by atoms with van der Waals surface area (Å²) in [6.07, 6.45) is 7.75. The third-order valence-electron chi connectivity index (χ3n) is 4.50. The SMILES string of the molecule is C=CCC/C(=C\C)C(C)CCN(C)C(C)c1ccccc1. The minimum Gasteiger partial charge on any atom is -0.300 e. The molecule has 0 aliphatic heterocycles. The molecule has 0 N–H and O–H groups in total. The molecule has 0 aliphatic carbocycles. The molecule has 1 rings (SSSR count). The van der Waals surface area contributed by atoms with E-state index in [1.54, 1.807) is 5.57 Å². The van der Waals surface area contributed by atoms with Crippen LogP contribution >= 0.6 is 0 Å². The van der Waals surface area contributed by atoms with Crippen molar-refractivity contribution in [1.82, 2.24) is 4.90 Å². The van der Waals surface area contributed by atoms with Gasteiger partial charge in [0.2, 0.25) is 0 Å². The van der Waals surface area contributed by atoms with Gasteiger partial charge in [0, 0.05) is 6.04 Å². The summed E-state index contributed by atoms with van der Waals surface area (Å²) in [5.41, 5.74) is 2.96. The molecule has 0 saturated heterocycles. The van der Waals surface area contributed by atoms with Gasteiger partial charge >= 0.3 is 0 Å². The van der Waals surface area contributed by atoms with E-state index in [1.807, 2.05) is 6.08 Å². The van der Waals surface area contributed by atoms with Crippen molar-refractivity contribution in [3.63, 3.8) is 0 Å². The second-order valence-electron chi connectivity index (χ2n) is 5.95. The predicted molar refractivity (Wildman–Crippen MR) is 94.5 cm³/mol. The van der Waals surface area contributed by atoms with Gasteiger partial charge in [0.15, 0.2) is 0 Å². The lowest BCUT2D eigenvalue weighted by Gasteiger charge is -2.27. The predicted octanol–water partition coefficient (Wildman–Crippen LogP) is 5.62. The first-order valence-electron chi connectivity index (χ1n) is 8.11. The highest BCUT2D eigenvalue weighted by molar-refractivity contribution is 5.18. The van der Waals surface area contributed by atoms with Crippen molar-refractivity contribution in [3.05, 3.63) is 60.2 Å². The van der Waals surface area contributed by atoms with Gasteiger partial charge < -0.3 is 0 Å². The van der Waals surface area contributed by atoms with E-state index >= 15 is 0 Å². The Labute approximate surface area is 131 Å². The number of rotatable bonds is 9. The monoisotopic (exact) mass is 285 g/mol. The molecule has 0 amide bonds. The molecular formula is C20H31N. The van der Waals surface area contributed by atoms with Crippen LogP contribution in [-0.2, 0) is 0 Å². The molecule has 0 aliphatic rings. The van der Waals surface area contributed by atoms with Gasteiger partial charge in [0.05, 0.1) is 0 Å². The van der Waals surface area contributed by atoms with Crippen LogP contribution in [0.3, 0.4) is 0 Å². The number of nitrogens with zero attached hydrogens (tertiary/aromatic N) is 1. The Morgan fingerprint density at radius 3 is 2.48 bits per heavy atom. The minimum atomic E-state index is 0.473. The molecule has 1 aromatic rings. The maximum Gasteiger partial charge on any atom is 0.0316 e. The lowest BCUT2D eigenvalue weighted by atomic mass is 9.93. The summed E-state index contributed by atoms with van der Waals surface area (Å²) in [6.45, 7) is 11.7. The first-order chi connectivity index (χ1) is 10.1. The van der Waals surface area contributed by atoms with Crippen LogP contribution in [0.5, 0.6) is 0 Å². The van der Waals surface area contributed by atoms with Gasteiger partial charge in [0.25, 0.3) is 0 Å². The first kappa shape index (κ1) is 17.7. The Balaban J connectivity index is 2.48. The van der Waals surface area contributed by atoms with Crippen LogP contribution in [-0.4, -0.2) is 18.5 Å². The maximum absolute atomic E-state index is 3.82. The molecule has 2 atom stereocenters. The van der Waals surface area contributed by atoms with E-state index < -0.39 is 0 Å². The van der Waals surface area contributed by atoms with Crippen molar-refractivity contribution in [2.45, 2.75) is 46.1 Å². The van der Waals surface area contributed by atoms with Gasteiger partial charge in [-0.2, -0.15) is 0 Å². The van der Waals surface area contributed by atoms with Crippen molar-refractivity contribution in [2.24, 2.45) is 5.92 Å². The number of hydrogen-bond donors (Lipinski definition) is 0. The zero-order chi connectivity index (χ0) is 15.7. The molecule has 0 heterocycles. The highest BCUT2D eigenvalue weighted by Crippen LogP contribution is 2.23. The fourth-order valence-electron chi connectivity index (χ4n) is 2.71. The first-order valence-corrected chi connectivity index (χ1v) is 8.11. The molecule has 116 valence electrons. The molecule has 0 spiro atoms. The summed E-state index contributed by atoms with van der Waals surface area (Å²) in [5.74, 6) is 0.653. The molecule has 0 saturated carbocycles. The molecule has 2 unspecified atom stereocenters. The largest absolute Gasteiger partial charge is 0.300 e. The summed E-state index contributed by atoms with van der Waals surface area (Å²) in [6, 6.07) is 11.2. The molecule has 1 heteroatoms. The highest BCUT2D eigenvalue weighted by atomic mass is 15.1. The second-order valence-corrected chi connectivity index (χ2v) is 5.95. The van der Waals surface area contributed by atoms with Crippen LogP contribution in [0.1, 0.15) is 51.6 Å². The molecule has 0 radical (unpaired) electrons.